The van der Waals surface area contributed by atoms with Crippen LogP contribution in [0.25, 0.3) is 0 Å². The van der Waals surface area contributed by atoms with Gasteiger partial charge in [-0.3, -0.25) is 9.80 Å². The third-order valence-electron chi connectivity index (χ3n) is 6.89. The van der Waals surface area contributed by atoms with Crippen molar-refractivity contribution in [2.45, 2.75) is 45.2 Å². The van der Waals surface area contributed by atoms with E-state index in [4.69, 9.17) is 9.47 Å². The van der Waals surface area contributed by atoms with E-state index in [2.05, 4.69) is 65.3 Å². The molecule has 2 aromatic carbocycles. The van der Waals surface area contributed by atoms with Gasteiger partial charge in [0.1, 0.15) is 5.75 Å². The Labute approximate surface area is 188 Å². The summed E-state index contributed by atoms with van der Waals surface area (Å²) < 4.78 is 11.3. The van der Waals surface area contributed by atoms with Crippen molar-refractivity contribution in [3.05, 3.63) is 65.2 Å². The first-order valence-electron chi connectivity index (χ1n) is 12.0. The minimum absolute atomic E-state index is 0.686. The first-order valence-corrected chi connectivity index (χ1v) is 12.0. The third-order valence-corrected chi connectivity index (χ3v) is 6.89. The minimum Gasteiger partial charge on any atom is -0.494 e. The lowest BCUT2D eigenvalue weighted by atomic mass is 9.95. The number of para-hydroxylation sites is 1. The number of benzene rings is 2. The summed E-state index contributed by atoms with van der Waals surface area (Å²) in [4.78, 5) is 5.34. The highest BCUT2D eigenvalue weighted by Crippen LogP contribution is 2.29. The van der Waals surface area contributed by atoms with Crippen molar-refractivity contribution in [2.75, 3.05) is 46.5 Å². The number of nitrogens with zero attached hydrogens (tertiary/aromatic N) is 2. The summed E-state index contributed by atoms with van der Waals surface area (Å²) in [5.41, 5.74) is 4.40. The molecular weight excluding hydrogens is 384 g/mol. The molecule has 0 spiro atoms. The Morgan fingerprint density at radius 2 is 1.77 bits per heavy atom. The van der Waals surface area contributed by atoms with Crippen molar-refractivity contribution in [1.29, 1.82) is 0 Å². The average Bonchev–Trinajstić information content (AvgIpc) is 3.24. The predicted molar refractivity (Wildman–Crippen MR) is 127 cm³/mol. The topological polar surface area (TPSA) is 24.9 Å². The van der Waals surface area contributed by atoms with Crippen LogP contribution in [0, 0.1) is 5.92 Å². The van der Waals surface area contributed by atoms with Gasteiger partial charge in [-0.25, -0.2) is 0 Å². The summed E-state index contributed by atoms with van der Waals surface area (Å²) in [6.07, 6.45) is 5.08. The maximum Gasteiger partial charge on any atom is 0.123 e. The summed E-state index contributed by atoms with van der Waals surface area (Å²) in [7, 11) is 1.80. The average molecular weight is 423 g/mol. The lowest BCUT2D eigenvalue weighted by molar-refractivity contribution is 0.0839. The van der Waals surface area contributed by atoms with E-state index < -0.39 is 0 Å². The van der Waals surface area contributed by atoms with Gasteiger partial charge in [0.2, 0.25) is 0 Å². The molecule has 0 bridgehead atoms. The molecule has 4 rings (SSSR count). The normalized spacial score (nSPS) is 19.6. The molecule has 0 amide bonds. The highest BCUT2D eigenvalue weighted by Gasteiger charge is 2.31. The van der Waals surface area contributed by atoms with E-state index in [1.54, 1.807) is 18.2 Å². The molecule has 31 heavy (non-hydrogen) atoms. The summed E-state index contributed by atoms with van der Waals surface area (Å²) in [5, 5.41) is 0. The van der Waals surface area contributed by atoms with Crippen LogP contribution in [0.2, 0.25) is 0 Å². The van der Waals surface area contributed by atoms with Crippen LogP contribution in [0.5, 0.6) is 5.75 Å². The Hall–Kier alpha value is -1.88. The molecule has 4 heteroatoms. The van der Waals surface area contributed by atoms with Gasteiger partial charge in [0.15, 0.2) is 0 Å². The van der Waals surface area contributed by atoms with Crippen LogP contribution < -0.4 is 4.74 Å². The molecule has 0 aromatic heterocycles. The van der Waals surface area contributed by atoms with Gasteiger partial charge in [-0.2, -0.15) is 0 Å². The van der Waals surface area contributed by atoms with E-state index in [1.165, 1.54) is 44.3 Å². The number of likely N-dealkylation sites (tertiary alicyclic amines) is 1. The lowest BCUT2D eigenvalue weighted by Crippen LogP contribution is -2.46. The van der Waals surface area contributed by atoms with E-state index in [1.807, 2.05) is 0 Å². The molecule has 4 nitrogen and oxygen atoms in total. The first kappa shape index (κ1) is 22.3. The SMILES string of the molecule is CCOc1ccccc1CN(CCOC)C[C@H]1CCCN(C2Cc3ccccc3C2)C1. The Morgan fingerprint density at radius 1 is 1.03 bits per heavy atom. The van der Waals surface area contributed by atoms with Gasteiger partial charge in [0.05, 0.1) is 13.2 Å². The second kappa shape index (κ2) is 11.1. The Kier molecular flexibility index (Phi) is 8.01. The summed E-state index contributed by atoms with van der Waals surface area (Å²) in [6.45, 7) is 9.00. The number of piperidine rings is 1. The maximum atomic E-state index is 5.88. The van der Waals surface area contributed by atoms with Crippen molar-refractivity contribution >= 4 is 0 Å². The van der Waals surface area contributed by atoms with Crippen LogP contribution in [-0.4, -0.2) is 62.3 Å². The van der Waals surface area contributed by atoms with Gasteiger partial charge in [0, 0.05) is 44.9 Å². The maximum absolute atomic E-state index is 5.88. The Morgan fingerprint density at radius 3 is 2.52 bits per heavy atom. The molecule has 1 fully saturated rings. The van der Waals surface area contributed by atoms with Crippen LogP contribution in [-0.2, 0) is 24.1 Å². The van der Waals surface area contributed by atoms with E-state index in [-0.39, 0.29) is 0 Å². The Balaban J connectivity index is 1.38. The summed E-state index contributed by atoms with van der Waals surface area (Å²) in [5.74, 6) is 1.73. The van der Waals surface area contributed by atoms with E-state index in [0.29, 0.717) is 18.6 Å². The second-order valence-electron chi connectivity index (χ2n) is 9.10. The van der Waals surface area contributed by atoms with Crippen LogP contribution in [0.1, 0.15) is 36.5 Å². The number of fused-ring (bicyclic) bond motifs is 1. The lowest BCUT2D eigenvalue weighted by Gasteiger charge is -2.39. The smallest absolute Gasteiger partial charge is 0.123 e. The van der Waals surface area contributed by atoms with Gasteiger partial charge < -0.3 is 9.47 Å². The van der Waals surface area contributed by atoms with Crippen LogP contribution in [0.15, 0.2) is 48.5 Å². The van der Waals surface area contributed by atoms with Gasteiger partial charge in [0.25, 0.3) is 0 Å². The van der Waals surface area contributed by atoms with Crippen molar-refractivity contribution < 1.29 is 9.47 Å². The Bertz CT molecular complexity index is 799. The highest BCUT2D eigenvalue weighted by molar-refractivity contribution is 5.34. The van der Waals surface area contributed by atoms with E-state index in [0.717, 1.165) is 32.0 Å². The molecule has 1 aliphatic heterocycles. The number of hydrogen-bond donors (Lipinski definition) is 0. The summed E-state index contributed by atoms with van der Waals surface area (Å²) in [6, 6.07) is 18.2. The monoisotopic (exact) mass is 422 g/mol. The van der Waals surface area contributed by atoms with Crippen molar-refractivity contribution in [2.24, 2.45) is 5.92 Å². The number of hydrogen-bond acceptors (Lipinski definition) is 4. The fourth-order valence-electron chi connectivity index (χ4n) is 5.36. The zero-order valence-electron chi connectivity index (χ0n) is 19.3. The van der Waals surface area contributed by atoms with Crippen molar-refractivity contribution in [1.82, 2.24) is 9.80 Å². The van der Waals surface area contributed by atoms with Gasteiger partial charge in [-0.15, -0.1) is 0 Å². The number of methoxy groups -OCH3 is 1. The molecule has 1 atom stereocenters. The minimum atomic E-state index is 0.686. The molecule has 2 aromatic rings. The third kappa shape index (κ3) is 5.88. The quantitative estimate of drug-likeness (QED) is 0.566. The highest BCUT2D eigenvalue weighted by atomic mass is 16.5. The second-order valence-corrected chi connectivity index (χ2v) is 9.10. The fraction of sp³-hybridized carbons (Fsp3) is 0.556. The molecule has 0 N–H and O–H groups in total. The van der Waals surface area contributed by atoms with Crippen molar-refractivity contribution in [3.63, 3.8) is 0 Å². The molecule has 168 valence electrons. The van der Waals surface area contributed by atoms with Crippen LogP contribution >= 0.6 is 0 Å². The molecule has 1 saturated heterocycles. The fourth-order valence-corrected chi connectivity index (χ4v) is 5.36. The molecule has 1 heterocycles. The summed E-state index contributed by atoms with van der Waals surface area (Å²) >= 11 is 0. The molecule has 1 aliphatic carbocycles. The zero-order chi connectivity index (χ0) is 21.5. The van der Waals surface area contributed by atoms with E-state index in [9.17, 15) is 0 Å². The van der Waals surface area contributed by atoms with Crippen LogP contribution in [0.4, 0.5) is 0 Å². The molecule has 0 saturated carbocycles. The molecule has 2 aliphatic rings. The molecular formula is C27H38N2O2. The standard InChI is InChI=1S/C27H38N2O2/c1-3-31-27-13-7-6-12-25(27)21-28(15-16-30-2)19-22-9-8-14-29(20-22)26-17-23-10-4-5-11-24(23)18-26/h4-7,10-13,22,26H,3,8-9,14-21H2,1-2H3/t22-/m1/s1. The largest absolute Gasteiger partial charge is 0.494 e. The van der Waals surface area contributed by atoms with Gasteiger partial charge >= 0.3 is 0 Å². The molecule has 0 unspecified atom stereocenters. The molecule has 0 radical (unpaired) electrons. The van der Waals surface area contributed by atoms with Gasteiger partial charge in [-0.05, 0) is 62.3 Å². The first-order chi connectivity index (χ1) is 15.3. The van der Waals surface area contributed by atoms with E-state index >= 15 is 0 Å². The predicted octanol–water partition coefficient (Wildman–Crippen LogP) is 4.41. The number of ether oxygens (including phenoxy) is 2. The zero-order valence-corrected chi connectivity index (χ0v) is 19.3. The van der Waals surface area contributed by atoms with Crippen molar-refractivity contribution in [3.8, 4) is 5.75 Å². The number of rotatable bonds is 10. The van der Waals surface area contributed by atoms with Gasteiger partial charge in [-0.1, -0.05) is 42.5 Å². The van der Waals surface area contributed by atoms with Crippen LogP contribution in [0.3, 0.4) is 0 Å².